The number of nitrogens with zero attached hydrogens (tertiary/aromatic N) is 2. The zero-order valence-corrected chi connectivity index (χ0v) is 13.1. The van der Waals surface area contributed by atoms with E-state index >= 15 is 0 Å². The Morgan fingerprint density at radius 1 is 1.22 bits per heavy atom. The van der Waals surface area contributed by atoms with Crippen LogP contribution in [0.4, 0.5) is 0 Å². The fourth-order valence-electron chi connectivity index (χ4n) is 2.28. The van der Waals surface area contributed by atoms with E-state index in [1.807, 2.05) is 42.5 Å². The Kier molecular flexibility index (Phi) is 4.82. The molecule has 0 fully saturated rings. The van der Waals surface area contributed by atoms with Crippen molar-refractivity contribution in [2.24, 2.45) is 0 Å². The van der Waals surface area contributed by atoms with Gasteiger partial charge in [0.05, 0.1) is 13.1 Å². The van der Waals surface area contributed by atoms with E-state index in [-0.39, 0.29) is 0 Å². The maximum Gasteiger partial charge on any atom is 0.247 e. The fraction of sp³-hybridized carbons (Fsp3) is 0.375. The van der Waals surface area contributed by atoms with E-state index in [1.54, 1.807) is 14.2 Å². The van der Waals surface area contributed by atoms with Gasteiger partial charge in [-0.1, -0.05) is 18.2 Å². The summed E-state index contributed by atoms with van der Waals surface area (Å²) in [6.07, 6.45) is 3.24. The number of hydrogen-bond donors (Lipinski definition) is 1. The summed E-state index contributed by atoms with van der Waals surface area (Å²) >= 11 is 0. The average molecular weight is 317 g/mol. The topological polar surface area (TPSA) is 78.6 Å². The highest BCUT2D eigenvalue weighted by molar-refractivity contribution is 5.51. The maximum atomic E-state index is 5.68. The second-order valence-electron chi connectivity index (χ2n) is 5.07. The van der Waals surface area contributed by atoms with E-state index in [9.17, 15) is 0 Å². The number of hydrogen-bond acceptors (Lipinski definition) is 7. The summed E-state index contributed by atoms with van der Waals surface area (Å²) in [5.41, 5.74) is 0.893. The van der Waals surface area contributed by atoms with Crippen LogP contribution in [0.3, 0.4) is 0 Å². The molecule has 7 nitrogen and oxygen atoms in total. The van der Waals surface area contributed by atoms with Gasteiger partial charge >= 0.3 is 0 Å². The Morgan fingerprint density at radius 2 is 2.04 bits per heavy atom. The van der Waals surface area contributed by atoms with Gasteiger partial charge in [0.2, 0.25) is 17.6 Å². The molecule has 1 aliphatic rings. The second kappa shape index (κ2) is 7.01. The average Bonchev–Trinajstić information content (AvgIpc) is 3.23. The van der Waals surface area contributed by atoms with Crippen LogP contribution < -0.4 is 5.32 Å². The summed E-state index contributed by atoms with van der Waals surface area (Å²) < 4.78 is 21.9. The molecule has 1 aliphatic heterocycles. The van der Waals surface area contributed by atoms with E-state index in [2.05, 4.69) is 15.5 Å². The van der Waals surface area contributed by atoms with Gasteiger partial charge in [-0.3, -0.25) is 0 Å². The molecule has 2 heterocycles. The summed E-state index contributed by atoms with van der Waals surface area (Å²) in [6, 6.07) is 9.64. The molecule has 1 aromatic heterocycles. The fourth-order valence-corrected chi connectivity index (χ4v) is 2.28. The first kappa shape index (κ1) is 15.8. The molecule has 0 saturated carbocycles. The van der Waals surface area contributed by atoms with E-state index in [0.717, 1.165) is 5.56 Å². The summed E-state index contributed by atoms with van der Waals surface area (Å²) in [4.78, 5) is 0. The second-order valence-corrected chi connectivity index (χ2v) is 5.07. The summed E-state index contributed by atoms with van der Waals surface area (Å²) in [5, 5.41) is 11.3. The van der Waals surface area contributed by atoms with Crippen LogP contribution in [0.15, 0.2) is 46.9 Å². The van der Waals surface area contributed by atoms with Crippen molar-refractivity contribution in [3.05, 3.63) is 48.4 Å². The molecule has 23 heavy (non-hydrogen) atoms. The Morgan fingerprint density at radius 3 is 2.74 bits per heavy atom. The number of benzene rings is 1. The SMILES string of the molecule is COC1C=CC(CNCc2nnc(-c3ccccc3)o2)(OC)O1. The number of aromatic nitrogens is 2. The molecule has 3 rings (SSSR count). The molecule has 0 bridgehead atoms. The summed E-state index contributed by atoms with van der Waals surface area (Å²) in [7, 11) is 3.17. The van der Waals surface area contributed by atoms with Crippen molar-refractivity contribution in [2.45, 2.75) is 18.6 Å². The normalized spacial score (nSPS) is 23.5. The van der Waals surface area contributed by atoms with Crippen molar-refractivity contribution in [3.8, 4) is 11.5 Å². The van der Waals surface area contributed by atoms with Gasteiger partial charge in [0.15, 0.2) is 6.29 Å². The van der Waals surface area contributed by atoms with E-state index in [1.165, 1.54) is 0 Å². The molecule has 1 aromatic carbocycles. The Labute approximate surface area is 134 Å². The Balaban J connectivity index is 1.55. The van der Waals surface area contributed by atoms with Crippen molar-refractivity contribution in [2.75, 3.05) is 20.8 Å². The maximum absolute atomic E-state index is 5.68. The largest absolute Gasteiger partial charge is 0.419 e. The number of methoxy groups -OCH3 is 2. The molecule has 0 radical (unpaired) electrons. The van der Waals surface area contributed by atoms with Gasteiger partial charge in [-0.2, -0.15) is 0 Å². The van der Waals surface area contributed by atoms with Crippen LogP contribution in [-0.4, -0.2) is 43.0 Å². The molecule has 1 N–H and O–H groups in total. The third-order valence-electron chi connectivity index (χ3n) is 3.54. The van der Waals surface area contributed by atoms with Crippen LogP contribution in [0, 0.1) is 0 Å². The lowest BCUT2D eigenvalue weighted by molar-refractivity contribution is -0.239. The minimum atomic E-state index is -0.844. The van der Waals surface area contributed by atoms with Crippen LogP contribution in [0.5, 0.6) is 0 Å². The third-order valence-corrected chi connectivity index (χ3v) is 3.54. The van der Waals surface area contributed by atoms with Gasteiger partial charge in [-0.25, -0.2) is 0 Å². The molecule has 7 heteroatoms. The first-order valence-electron chi connectivity index (χ1n) is 7.28. The standard InChI is InChI=1S/C16H19N3O4/c1-20-14-8-9-16(21-2,23-14)11-17-10-13-18-19-15(22-13)12-6-4-3-5-7-12/h3-9,14,17H,10-11H2,1-2H3. The monoisotopic (exact) mass is 317 g/mol. The zero-order valence-electron chi connectivity index (χ0n) is 13.1. The zero-order chi connectivity index (χ0) is 16.1. The molecule has 0 saturated heterocycles. The van der Waals surface area contributed by atoms with Crippen molar-refractivity contribution >= 4 is 0 Å². The smallest absolute Gasteiger partial charge is 0.247 e. The lowest BCUT2D eigenvalue weighted by Gasteiger charge is -2.26. The molecule has 122 valence electrons. The van der Waals surface area contributed by atoms with E-state index in [0.29, 0.717) is 24.9 Å². The van der Waals surface area contributed by atoms with Crippen molar-refractivity contribution in [1.29, 1.82) is 0 Å². The Bertz CT molecular complexity index is 658. The minimum Gasteiger partial charge on any atom is -0.419 e. The molecule has 2 aromatic rings. The van der Waals surface area contributed by atoms with Gasteiger partial charge in [0.25, 0.3) is 0 Å². The number of nitrogens with one attached hydrogen (secondary N) is 1. The predicted octanol–water partition coefficient (Wildman–Crippen LogP) is 1.73. The quantitative estimate of drug-likeness (QED) is 0.779. The molecule has 0 spiro atoms. The minimum absolute atomic E-state index is 0.398. The molecular weight excluding hydrogens is 298 g/mol. The third kappa shape index (κ3) is 3.65. The number of ether oxygens (including phenoxy) is 3. The van der Waals surface area contributed by atoms with Crippen LogP contribution >= 0.6 is 0 Å². The summed E-state index contributed by atoms with van der Waals surface area (Å²) in [5.74, 6) is 0.156. The lowest BCUT2D eigenvalue weighted by Crippen LogP contribution is -2.42. The van der Waals surface area contributed by atoms with Crippen LogP contribution in [0.1, 0.15) is 5.89 Å². The lowest BCUT2D eigenvalue weighted by atomic mass is 10.2. The van der Waals surface area contributed by atoms with E-state index < -0.39 is 12.1 Å². The van der Waals surface area contributed by atoms with Gasteiger partial charge < -0.3 is 23.9 Å². The number of rotatable bonds is 7. The van der Waals surface area contributed by atoms with Gasteiger partial charge in [0.1, 0.15) is 0 Å². The first-order chi connectivity index (χ1) is 11.2. The molecule has 2 unspecified atom stereocenters. The predicted molar refractivity (Wildman–Crippen MR) is 82.2 cm³/mol. The summed E-state index contributed by atoms with van der Waals surface area (Å²) in [6.45, 7) is 0.850. The molecule has 0 amide bonds. The van der Waals surface area contributed by atoms with Gasteiger partial charge in [0, 0.05) is 19.8 Å². The van der Waals surface area contributed by atoms with Crippen molar-refractivity contribution in [1.82, 2.24) is 15.5 Å². The Hall–Kier alpha value is -2.06. The van der Waals surface area contributed by atoms with Crippen molar-refractivity contribution in [3.63, 3.8) is 0 Å². The van der Waals surface area contributed by atoms with Crippen LogP contribution in [0.25, 0.3) is 11.5 Å². The highest BCUT2D eigenvalue weighted by atomic mass is 16.8. The van der Waals surface area contributed by atoms with Gasteiger partial charge in [-0.05, 0) is 24.3 Å². The van der Waals surface area contributed by atoms with E-state index in [4.69, 9.17) is 18.6 Å². The van der Waals surface area contributed by atoms with Crippen LogP contribution in [0.2, 0.25) is 0 Å². The first-order valence-corrected chi connectivity index (χ1v) is 7.28. The highest BCUT2D eigenvalue weighted by Crippen LogP contribution is 2.24. The highest BCUT2D eigenvalue weighted by Gasteiger charge is 2.35. The molecule has 0 aliphatic carbocycles. The van der Waals surface area contributed by atoms with Crippen LogP contribution in [-0.2, 0) is 20.8 Å². The van der Waals surface area contributed by atoms with Gasteiger partial charge in [-0.15, -0.1) is 10.2 Å². The van der Waals surface area contributed by atoms with Crippen molar-refractivity contribution < 1.29 is 18.6 Å². The molecular formula is C16H19N3O4. The molecule has 2 atom stereocenters.